The minimum Gasteiger partial charge on any atom is -0.466 e. The molecular weight excluding hydrogens is 260 g/mol. The summed E-state index contributed by atoms with van der Waals surface area (Å²) in [5, 5.41) is 0. The number of hydrogen-bond acceptors (Lipinski definition) is 2. The molecule has 0 fully saturated rings. The molecule has 0 saturated heterocycles. The molecule has 0 saturated carbocycles. The Morgan fingerprint density at radius 1 is 0.762 bits per heavy atom. The van der Waals surface area contributed by atoms with Crippen molar-refractivity contribution in [3.63, 3.8) is 0 Å². The van der Waals surface area contributed by atoms with Crippen molar-refractivity contribution in [3.8, 4) is 0 Å². The Labute approximate surface area is 132 Å². The molecule has 0 aromatic heterocycles. The van der Waals surface area contributed by atoms with Crippen molar-refractivity contribution in [1.29, 1.82) is 0 Å². The van der Waals surface area contributed by atoms with Crippen molar-refractivity contribution in [3.05, 3.63) is 12.2 Å². The van der Waals surface area contributed by atoms with Crippen LogP contribution in [0, 0.1) is 0 Å². The molecule has 124 valence electrons. The summed E-state index contributed by atoms with van der Waals surface area (Å²) in [4.78, 5) is 10.9. The van der Waals surface area contributed by atoms with E-state index in [-0.39, 0.29) is 5.97 Å². The van der Waals surface area contributed by atoms with E-state index in [1.54, 1.807) is 0 Å². The summed E-state index contributed by atoms with van der Waals surface area (Å²) >= 11 is 0. The van der Waals surface area contributed by atoms with Gasteiger partial charge in [0.15, 0.2) is 0 Å². The van der Waals surface area contributed by atoms with Gasteiger partial charge in [-0.05, 0) is 32.1 Å². The zero-order valence-electron chi connectivity index (χ0n) is 14.4. The van der Waals surface area contributed by atoms with Crippen LogP contribution in [0.15, 0.2) is 12.2 Å². The molecule has 0 rings (SSSR count). The lowest BCUT2D eigenvalue weighted by molar-refractivity contribution is -0.143. The lowest BCUT2D eigenvalue weighted by Gasteiger charge is -2.01. The maximum absolute atomic E-state index is 10.9. The van der Waals surface area contributed by atoms with Gasteiger partial charge in [-0.2, -0.15) is 0 Å². The average molecular weight is 296 g/mol. The maximum atomic E-state index is 10.9. The Hall–Kier alpha value is -0.790. The molecule has 0 radical (unpaired) electrons. The third-order valence-electron chi connectivity index (χ3n) is 3.71. The Morgan fingerprint density at radius 2 is 1.29 bits per heavy atom. The molecular formula is C19H36O2. The highest BCUT2D eigenvalue weighted by atomic mass is 16.5. The van der Waals surface area contributed by atoms with E-state index in [2.05, 4.69) is 19.1 Å². The summed E-state index contributed by atoms with van der Waals surface area (Å²) in [6, 6.07) is 0. The molecule has 21 heavy (non-hydrogen) atoms. The predicted molar refractivity (Wildman–Crippen MR) is 91.5 cm³/mol. The lowest BCUT2D eigenvalue weighted by Crippen LogP contribution is -2.03. The highest BCUT2D eigenvalue weighted by Gasteiger charge is 1.96. The molecule has 0 unspecified atom stereocenters. The number of rotatable bonds is 15. The highest BCUT2D eigenvalue weighted by Crippen LogP contribution is 2.10. The Balaban J connectivity index is 3.10. The van der Waals surface area contributed by atoms with Gasteiger partial charge in [-0.3, -0.25) is 4.79 Å². The van der Waals surface area contributed by atoms with Gasteiger partial charge in [-0.1, -0.05) is 70.9 Å². The first-order valence-electron chi connectivity index (χ1n) is 9.11. The Bertz CT molecular complexity index is 246. The Morgan fingerprint density at radius 3 is 1.86 bits per heavy atom. The number of carbonyl (C=O) groups excluding carboxylic acids is 1. The smallest absolute Gasteiger partial charge is 0.305 e. The van der Waals surface area contributed by atoms with E-state index in [4.69, 9.17) is 4.74 Å². The van der Waals surface area contributed by atoms with Crippen LogP contribution in [-0.2, 0) is 9.53 Å². The van der Waals surface area contributed by atoms with E-state index >= 15 is 0 Å². The third kappa shape index (κ3) is 17.2. The standard InChI is InChI=1S/C19H36O2/c1-3-5-6-7-8-9-10-11-12-13-14-15-16-17-18-21-19(20)4-2/h13-14H,3-12,15-18H2,1-2H3. The largest absolute Gasteiger partial charge is 0.466 e. The second-order valence-electron chi connectivity index (χ2n) is 5.80. The number of carbonyl (C=O) groups is 1. The summed E-state index contributed by atoms with van der Waals surface area (Å²) in [6.45, 7) is 4.68. The topological polar surface area (TPSA) is 26.3 Å². The second kappa shape index (κ2) is 17.3. The molecule has 0 spiro atoms. The molecule has 0 aromatic carbocycles. The van der Waals surface area contributed by atoms with Crippen LogP contribution in [0.4, 0.5) is 0 Å². The third-order valence-corrected chi connectivity index (χ3v) is 3.71. The van der Waals surface area contributed by atoms with Gasteiger partial charge in [0.2, 0.25) is 0 Å². The number of ether oxygens (including phenoxy) is 1. The van der Waals surface area contributed by atoms with Crippen LogP contribution in [0.1, 0.15) is 97.3 Å². The molecule has 2 heteroatoms. The second-order valence-corrected chi connectivity index (χ2v) is 5.80. The van der Waals surface area contributed by atoms with Crippen molar-refractivity contribution in [2.24, 2.45) is 0 Å². The van der Waals surface area contributed by atoms with E-state index in [1.165, 1.54) is 57.8 Å². The summed E-state index contributed by atoms with van der Waals surface area (Å²) in [5.41, 5.74) is 0. The minimum absolute atomic E-state index is 0.0831. The number of allylic oxidation sites excluding steroid dienone is 2. The van der Waals surface area contributed by atoms with E-state index in [0.29, 0.717) is 13.0 Å². The summed E-state index contributed by atoms with van der Waals surface area (Å²) in [5.74, 6) is -0.0831. The lowest BCUT2D eigenvalue weighted by atomic mass is 10.1. The van der Waals surface area contributed by atoms with Gasteiger partial charge in [0, 0.05) is 6.42 Å². The first kappa shape index (κ1) is 20.2. The summed E-state index contributed by atoms with van der Waals surface area (Å²) < 4.78 is 5.04. The predicted octanol–water partition coefficient (Wildman–Crippen LogP) is 6.20. The van der Waals surface area contributed by atoms with Gasteiger partial charge in [0.05, 0.1) is 6.61 Å². The van der Waals surface area contributed by atoms with E-state index in [1.807, 2.05) is 6.92 Å². The molecule has 0 N–H and O–H groups in total. The summed E-state index contributed by atoms with van der Waals surface area (Å²) in [6.07, 6.45) is 20.6. The van der Waals surface area contributed by atoms with Crippen molar-refractivity contribution in [2.45, 2.75) is 97.3 Å². The van der Waals surface area contributed by atoms with Crippen LogP contribution in [0.5, 0.6) is 0 Å². The fraction of sp³-hybridized carbons (Fsp3) is 0.842. The minimum atomic E-state index is -0.0831. The molecule has 0 amide bonds. The van der Waals surface area contributed by atoms with E-state index < -0.39 is 0 Å². The van der Waals surface area contributed by atoms with Gasteiger partial charge in [-0.25, -0.2) is 0 Å². The molecule has 2 nitrogen and oxygen atoms in total. The van der Waals surface area contributed by atoms with Crippen LogP contribution in [-0.4, -0.2) is 12.6 Å². The van der Waals surface area contributed by atoms with Gasteiger partial charge in [-0.15, -0.1) is 0 Å². The fourth-order valence-electron chi connectivity index (χ4n) is 2.28. The molecule has 0 heterocycles. The normalized spacial score (nSPS) is 11.1. The number of esters is 1. The van der Waals surface area contributed by atoms with Crippen LogP contribution in [0.3, 0.4) is 0 Å². The van der Waals surface area contributed by atoms with E-state index in [9.17, 15) is 4.79 Å². The molecule has 0 aliphatic carbocycles. The van der Waals surface area contributed by atoms with Gasteiger partial charge >= 0.3 is 5.97 Å². The quantitative estimate of drug-likeness (QED) is 0.204. The van der Waals surface area contributed by atoms with Gasteiger partial charge in [0.25, 0.3) is 0 Å². The van der Waals surface area contributed by atoms with Gasteiger partial charge in [0.1, 0.15) is 0 Å². The highest BCUT2D eigenvalue weighted by molar-refractivity contribution is 5.68. The van der Waals surface area contributed by atoms with E-state index in [0.717, 1.165) is 19.3 Å². The monoisotopic (exact) mass is 296 g/mol. The fourth-order valence-corrected chi connectivity index (χ4v) is 2.28. The van der Waals surface area contributed by atoms with Gasteiger partial charge < -0.3 is 4.74 Å². The van der Waals surface area contributed by atoms with Crippen LogP contribution < -0.4 is 0 Å². The molecule has 0 atom stereocenters. The zero-order chi connectivity index (χ0) is 15.6. The molecule has 0 aliphatic rings. The zero-order valence-corrected chi connectivity index (χ0v) is 14.4. The molecule has 0 aromatic rings. The maximum Gasteiger partial charge on any atom is 0.305 e. The van der Waals surface area contributed by atoms with Crippen LogP contribution in [0.2, 0.25) is 0 Å². The van der Waals surface area contributed by atoms with Crippen molar-refractivity contribution < 1.29 is 9.53 Å². The van der Waals surface area contributed by atoms with Crippen molar-refractivity contribution >= 4 is 5.97 Å². The van der Waals surface area contributed by atoms with Crippen molar-refractivity contribution in [1.82, 2.24) is 0 Å². The van der Waals surface area contributed by atoms with Crippen LogP contribution in [0.25, 0.3) is 0 Å². The first-order valence-corrected chi connectivity index (χ1v) is 9.11. The first-order chi connectivity index (χ1) is 10.3. The average Bonchev–Trinajstić information content (AvgIpc) is 2.50. The summed E-state index contributed by atoms with van der Waals surface area (Å²) in [7, 11) is 0. The number of unbranched alkanes of at least 4 members (excludes halogenated alkanes) is 10. The van der Waals surface area contributed by atoms with Crippen LogP contribution >= 0.6 is 0 Å². The molecule has 0 aliphatic heterocycles. The van der Waals surface area contributed by atoms with Crippen molar-refractivity contribution in [2.75, 3.05) is 6.61 Å². The Kier molecular flexibility index (Phi) is 16.6. The molecule has 0 bridgehead atoms. The SMILES string of the molecule is CCCCCCCCCCC=CCCCCOC(=O)CC. The number of hydrogen-bond donors (Lipinski definition) is 0.